The summed E-state index contributed by atoms with van der Waals surface area (Å²) in [4.78, 5) is 43.8. The number of aromatic nitrogens is 1. The highest BCUT2D eigenvalue weighted by Gasteiger charge is 2.34. The average Bonchev–Trinajstić information content (AvgIpc) is 3.25. The number of ether oxygens (including phenoxy) is 5. The van der Waals surface area contributed by atoms with E-state index in [-0.39, 0.29) is 24.3 Å². The van der Waals surface area contributed by atoms with Crippen LogP contribution in [-0.4, -0.2) is 50.5 Å². The van der Waals surface area contributed by atoms with E-state index in [9.17, 15) is 14.4 Å². The van der Waals surface area contributed by atoms with Crippen LogP contribution in [0.2, 0.25) is 10.0 Å². The van der Waals surface area contributed by atoms with Gasteiger partial charge in [-0.2, -0.15) is 0 Å². The fraction of sp³-hybridized carbons (Fsp3) is 0.310. The first-order valence-electron chi connectivity index (χ1n) is 12.8. The van der Waals surface area contributed by atoms with Gasteiger partial charge in [0.1, 0.15) is 0 Å². The lowest BCUT2D eigenvalue weighted by Crippen LogP contribution is -2.40. The molecule has 0 bridgehead atoms. The minimum atomic E-state index is -0.889. The monoisotopic (exact) mass is 634 g/mol. The number of methoxy groups -OCH3 is 2. The largest absolute Gasteiger partial charge is 0.494 e. The quantitative estimate of drug-likeness (QED) is 0.307. The van der Waals surface area contributed by atoms with Crippen molar-refractivity contribution in [3.8, 4) is 17.2 Å². The molecule has 0 amide bonds. The molecule has 13 heteroatoms. The molecule has 1 aliphatic rings. The summed E-state index contributed by atoms with van der Waals surface area (Å²) in [6.07, 6.45) is 1.65. The van der Waals surface area contributed by atoms with Crippen LogP contribution in [0.15, 0.2) is 51.4 Å². The SMILES string of the molecule is CCOC(=O)C1=C(C)N=c2s/c(=C\c3cc(Cl)c(OC)c(Cl)c3)c(=O)n2[C@@H]1c1ccc(OCC(=O)OC)c(OCC)c1. The lowest BCUT2D eigenvalue weighted by atomic mass is 9.95. The van der Waals surface area contributed by atoms with Crippen LogP contribution in [0.25, 0.3) is 6.08 Å². The number of nitrogens with zero attached hydrogens (tertiary/aromatic N) is 2. The smallest absolute Gasteiger partial charge is 0.343 e. The van der Waals surface area contributed by atoms with Crippen molar-refractivity contribution in [3.05, 3.63) is 82.5 Å². The van der Waals surface area contributed by atoms with E-state index in [0.717, 1.165) is 11.3 Å². The van der Waals surface area contributed by atoms with Crippen LogP contribution in [-0.2, 0) is 19.1 Å². The van der Waals surface area contributed by atoms with E-state index in [0.29, 0.717) is 60.1 Å². The number of fused-ring (bicyclic) bond motifs is 1. The summed E-state index contributed by atoms with van der Waals surface area (Å²) in [6.45, 7) is 5.30. The molecule has 10 nitrogen and oxygen atoms in total. The first kappa shape index (κ1) is 31.1. The maximum atomic E-state index is 13.9. The molecule has 1 aromatic heterocycles. The number of hydrogen-bond acceptors (Lipinski definition) is 10. The molecule has 0 spiro atoms. The maximum Gasteiger partial charge on any atom is 0.343 e. The zero-order chi connectivity index (χ0) is 30.6. The molecule has 0 saturated carbocycles. The van der Waals surface area contributed by atoms with Gasteiger partial charge in [-0.05, 0) is 62.2 Å². The zero-order valence-corrected chi connectivity index (χ0v) is 25.8. The Balaban J connectivity index is 1.91. The molecule has 42 heavy (non-hydrogen) atoms. The van der Waals surface area contributed by atoms with Gasteiger partial charge in [-0.15, -0.1) is 0 Å². The number of esters is 2. The van der Waals surface area contributed by atoms with Gasteiger partial charge in [0.25, 0.3) is 5.56 Å². The van der Waals surface area contributed by atoms with E-state index in [2.05, 4.69) is 9.73 Å². The zero-order valence-electron chi connectivity index (χ0n) is 23.5. The third-order valence-electron chi connectivity index (χ3n) is 6.20. The number of hydrogen-bond donors (Lipinski definition) is 0. The van der Waals surface area contributed by atoms with Crippen molar-refractivity contribution in [1.29, 1.82) is 0 Å². The standard InChI is InChI=1S/C29H28Cl2N2O8S/c1-6-39-21-13-17(8-9-20(21)41-14-23(34)37-4)25-24(28(36)40-7-2)15(3)32-29-33(25)27(35)22(42-29)12-16-10-18(30)26(38-5)19(31)11-16/h8-13,25H,6-7,14H2,1-5H3/b22-12-/t25-/m1/s1. The highest BCUT2D eigenvalue weighted by Crippen LogP contribution is 2.37. The minimum Gasteiger partial charge on any atom is -0.494 e. The molecule has 222 valence electrons. The molecule has 0 aliphatic carbocycles. The van der Waals surface area contributed by atoms with Gasteiger partial charge in [-0.25, -0.2) is 14.6 Å². The third kappa shape index (κ3) is 6.33. The number of halogens is 2. The van der Waals surface area contributed by atoms with E-state index in [4.69, 9.17) is 42.1 Å². The number of benzene rings is 2. The molecule has 1 aliphatic heterocycles. The van der Waals surface area contributed by atoms with Crippen molar-refractivity contribution in [3.63, 3.8) is 0 Å². The highest BCUT2D eigenvalue weighted by atomic mass is 35.5. The van der Waals surface area contributed by atoms with Gasteiger partial charge < -0.3 is 23.7 Å². The van der Waals surface area contributed by atoms with Crippen LogP contribution in [0.3, 0.4) is 0 Å². The van der Waals surface area contributed by atoms with Gasteiger partial charge in [0.2, 0.25) is 0 Å². The number of thiazole rings is 1. The molecule has 4 rings (SSSR count). The summed E-state index contributed by atoms with van der Waals surface area (Å²) >= 11 is 13.8. The molecule has 0 radical (unpaired) electrons. The van der Waals surface area contributed by atoms with Gasteiger partial charge in [-0.3, -0.25) is 9.36 Å². The number of carbonyl (C=O) groups excluding carboxylic acids is 2. The predicted octanol–water partition coefficient (Wildman–Crippen LogP) is 4.06. The van der Waals surface area contributed by atoms with E-state index in [1.165, 1.54) is 18.8 Å². The molecule has 3 aromatic rings. The van der Waals surface area contributed by atoms with Gasteiger partial charge in [0.05, 0.1) is 59.3 Å². The molecule has 2 aromatic carbocycles. The minimum absolute atomic E-state index is 0.135. The number of carbonyl (C=O) groups is 2. The van der Waals surface area contributed by atoms with Crippen molar-refractivity contribution in [2.75, 3.05) is 34.0 Å². The Labute approximate surface area is 255 Å². The van der Waals surface area contributed by atoms with Gasteiger partial charge in [-0.1, -0.05) is 40.6 Å². The Morgan fingerprint density at radius 3 is 2.38 bits per heavy atom. The summed E-state index contributed by atoms with van der Waals surface area (Å²) in [6, 6.07) is 7.35. The molecule has 2 heterocycles. The van der Waals surface area contributed by atoms with Crippen LogP contribution in [0.1, 0.15) is 37.9 Å². The maximum absolute atomic E-state index is 13.9. The third-order valence-corrected chi connectivity index (χ3v) is 7.74. The van der Waals surface area contributed by atoms with Crippen LogP contribution in [0, 0.1) is 0 Å². The number of rotatable bonds is 10. The Hall–Kier alpha value is -3.80. The van der Waals surface area contributed by atoms with Crippen LogP contribution in [0.5, 0.6) is 17.2 Å². The van der Waals surface area contributed by atoms with Crippen molar-refractivity contribution in [1.82, 2.24) is 4.57 Å². The van der Waals surface area contributed by atoms with Gasteiger partial charge >= 0.3 is 11.9 Å². The molecule has 1 atom stereocenters. The fourth-order valence-electron chi connectivity index (χ4n) is 4.39. The van der Waals surface area contributed by atoms with Gasteiger partial charge in [0.15, 0.2) is 28.7 Å². The van der Waals surface area contributed by atoms with E-state index in [1.54, 1.807) is 57.2 Å². The predicted molar refractivity (Wildman–Crippen MR) is 159 cm³/mol. The molecule has 0 N–H and O–H groups in total. The molecular weight excluding hydrogens is 607 g/mol. The Kier molecular flexibility index (Phi) is 9.97. The normalized spacial score (nSPS) is 14.6. The van der Waals surface area contributed by atoms with Crippen LogP contribution >= 0.6 is 34.5 Å². The van der Waals surface area contributed by atoms with Crippen molar-refractivity contribution >= 4 is 52.6 Å². The van der Waals surface area contributed by atoms with Crippen molar-refractivity contribution in [2.24, 2.45) is 4.99 Å². The second-order valence-corrected chi connectivity index (χ2v) is 10.6. The second-order valence-electron chi connectivity index (χ2n) is 8.82. The summed E-state index contributed by atoms with van der Waals surface area (Å²) in [7, 11) is 2.72. The molecule has 0 unspecified atom stereocenters. The molecule has 0 saturated heterocycles. The topological polar surface area (TPSA) is 115 Å². The van der Waals surface area contributed by atoms with Crippen LogP contribution in [0.4, 0.5) is 0 Å². The summed E-state index contributed by atoms with van der Waals surface area (Å²) in [5, 5.41) is 0.584. The van der Waals surface area contributed by atoms with E-state index < -0.39 is 18.0 Å². The summed E-state index contributed by atoms with van der Waals surface area (Å²) in [5.74, 6) is -0.214. The molecule has 0 fully saturated rings. The molecular formula is C29H28Cl2N2O8S. The van der Waals surface area contributed by atoms with Crippen molar-refractivity contribution in [2.45, 2.75) is 26.8 Å². The lowest BCUT2D eigenvalue weighted by molar-refractivity contribution is -0.143. The lowest BCUT2D eigenvalue weighted by Gasteiger charge is -2.25. The Morgan fingerprint density at radius 1 is 1.05 bits per heavy atom. The first-order valence-corrected chi connectivity index (χ1v) is 14.4. The van der Waals surface area contributed by atoms with Gasteiger partial charge in [0, 0.05) is 0 Å². The van der Waals surface area contributed by atoms with E-state index in [1.807, 2.05) is 0 Å². The Morgan fingerprint density at radius 2 is 1.76 bits per heavy atom. The average molecular weight is 636 g/mol. The Bertz CT molecular complexity index is 1720. The summed E-state index contributed by atoms with van der Waals surface area (Å²) in [5.41, 5.74) is 1.36. The van der Waals surface area contributed by atoms with Crippen molar-refractivity contribution < 1.29 is 33.3 Å². The fourth-order valence-corrected chi connectivity index (χ4v) is 6.10. The first-order chi connectivity index (χ1) is 20.1. The summed E-state index contributed by atoms with van der Waals surface area (Å²) < 4.78 is 28.4. The number of allylic oxidation sites excluding steroid dienone is 1. The second kappa shape index (κ2) is 13.5. The van der Waals surface area contributed by atoms with Crippen LogP contribution < -0.4 is 29.1 Å². The highest BCUT2D eigenvalue weighted by molar-refractivity contribution is 7.07. The van der Waals surface area contributed by atoms with E-state index >= 15 is 0 Å².